The van der Waals surface area contributed by atoms with Crippen LogP contribution in [-0.2, 0) is 4.79 Å². The SMILES string of the molecule is O=C(Nc1ccccc1)Nc1ccc(C(=O)N2CCCCC2C(=O)O)s1. The van der Waals surface area contributed by atoms with E-state index in [0.29, 0.717) is 28.5 Å². The number of amides is 3. The Morgan fingerprint density at radius 1 is 1.04 bits per heavy atom. The maximum atomic E-state index is 12.6. The van der Waals surface area contributed by atoms with Crippen LogP contribution in [0, 0.1) is 0 Å². The fourth-order valence-corrected chi connectivity index (χ4v) is 3.75. The minimum Gasteiger partial charge on any atom is -0.480 e. The summed E-state index contributed by atoms with van der Waals surface area (Å²) in [6.45, 7) is 0.435. The normalized spacial score (nSPS) is 16.8. The van der Waals surface area contributed by atoms with Gasteiger partial charge in [-0.2, -0.15) is 0 Å². The molecule has 1 atom stereocenters. The van der Waals surface area contributed by atoms with E-state index in [4.69, 9.17) is 0 Å². The van der Waals surface area contributed by atoms with Crippen LogP contribution in [0.15, 0.2) is 42.5 Å². The highest BCUT2D eigenvalue weighted by atomic mass is 32.1. The number of anilines is 2. The summed E-state index contributed by atoms with van der Waals surface area (Å²) in [5, 5.41) is 15.2. The predicted molar refractivity (Wildman–Crippen MR) is 99.7 cm³/mol. The Bertz CT molecular complexity index is 806. The molecule has 1 unspecified atom stereocenters. The number of hydrogen-bond acceptors (Lipinski definition) is 4. The summed E-state index contributed by atoms with van der Waals surface area (Å²) in [6.07, 6.45) is 2.07. The Morgan fingerprint density at radius 3 is 2.54 bits per heavy atom. The molecule has 1 aliphatic heterocycles. The minimum atomic E-state index is -0.977. The minimum absolute atomic E-state index is 0.307. The summed E-state index contributed by atoms with van der Waals surface area (Å²) in [4.78, 5) is 37.9. The average molecular weight is 373 g/mol. The quantitative estimate of drug-likeness (QED) is 0.764. The number of nitrogens with one attached hydrogen (secondary N) is 2. The Labute approximate surface area is 154 Å². The third-order valence-electron chi connectivity index (χ3n) is 4.13. The van der Waals surface area contributed by atoms with E-state index < -0.39 is 18.0 Å². The number of carbonyl (C=O) groups excluding carboxylic acids is 2. The average Bonchev–Trinajstić information content (AvgIpc) is 3.10. The number of thiophene rings is 1. The van der Waals surface area contributed by atoms with Crippen molar-refractivity contribution in [1.82, 2.24) is 4.90 Å². The zero-order valence-electron chi connectivity index (χ0n) is 14.0. The van der Waals surface area contributed by atoms with Crippen LogP contribution in [0.2, 0.25) is 0 Å². The van der Waals surface area contributed by atoms with Gasteiger partial charge in [0.25, 0.3) is 5.91 Å². The molecule has 0 radical (unpaired) electrons. The lowest BCUT2D eigenvalue weighted by Crippen LogP contribution is -2.47. The molecular formula is C18H19N3O4S. The van der Waals surface area contributed by atoms with E-state index in [0.717, 1.165) is 24.2 Å². The summed E-state index contributed by atoms with van der Waals surface area (Å²) in [6, 6.07) is 11.1. The fourth-order valence-electron chi connectivity index (χ4n) is 2.89. The third kappa shape index (κ3) is 4.20. The van der Waals surface area contributed by atoms with Gasteiger partial charge >= 0.3 is 12.0 Å². The van der Waals surface area contributed by atoms with Crippen LogP contribution in [0.3, 0.4) is 0 Å². The monoisotopic (exact) mass is 373 g/mol. The Kier molecular flexibility index (Phi) is 5.52. The summed E-state index contributed by atoms with van der Waals surface area (Å²) in [5.74, 6) is -1.28. The number of likely N-dealkylation sites (tertiary alicyclic amines) is 1. The molecule has 1 fully saturated rings. The van der Waals surface area contributed by atoms with Crippen LogP contribution < -0.4 is 10.6 Å². The molecule has 0 aliphatic carbocycles. The maximum absolute atomic E-state index is 12.6. The molecule has 0 saturated carbocycles. The number of para-hydroxylation sites is 1. The molecule has 7 nitrogen and oxygen atoms in total. The Balaban J connectivity index is 1.64. The molecule has 0 bridgehead atoms. The van der Waals surface area contributed by atoms with Crippen molar-refractivity contribution in [3.63, 3.8) is 0 Å². The second-order valence-corrected chi connectivity index (χ2v) is 7.04. The van der Waals surface area contributed by atoms with Crippen molar-refractivity contribution in [2.24, 2.45) is 0 Å². The van der Waals surface area contributed by atoms with E-state index in [1.807, 2.05) is 18.2 Å². The molecule has 1 aromatic heterocycles. The molecule has 26 heavy (non-hydrogen) atoms. The van der Waals surface area contributed by atoms with E-state index in [2.05, 4.69) is 10.6 Å². The molecule has 3 N–H and O–H groups in total. The third-order valence-corrected chi connectivity index (χ3v) is 5.12. The molecular weight excluding hydrogens is 354 g/mol. The highest BCUT2D eigenvalue weighted by Gasteiger charge is 2.33. The molecule has 8 heteroatoms. The summed E-state index contributed by atoms with van der Waals surface area (Å²) >= 11 is 1.13. The number of carboxylic acid groups (broad SMARTS) is 1. The molecule has 0 spiro atoms. The van der Waals surface area contributed by atoms with Crippen molar-refractivity contribution in [2.45, 2.75) is 25.3 Å². The molecule has 136 valence electrons. The van der Waals surface area contributed by atoms with Gasteiger partial charge in [0.15, 0.2) is 0 Å². The number of hydrogen-bond donors (Lipinski definition) is 3. The van der Waals surface area contributed by atoms with Crippen LogP contribution in [0.5, 0.6) is 0 Å². The van der Waals surface area contributed by atoms with Crippen molar-refractivity contribution in [1.29, 1.82) is 0 Å². The number of rotatable bonds is 4. The lowest BCUT2D eigenvalue weighted by atomic mass is 10.0. The van der Waals surface area contributed by atoms with Gasteiger partial charge in [-0.05, 0) is 43.5 Å². The predicted octanol–water partition coefficient (Wildman–Crippen LogP) is 3.47. The van der Waals surface area contributed by atoms with E-state index >= 15 is 0 Å². The van der Waals surface area contributed by atoms with Gasteiger partial charge in [-0.3, -0.25) is 10.1 Å². The highest BCUT2D eigenvalue weighted by Crippen LogP contribution is 2.26. The summed E-state index contributed by atoms with van der Waals surface area (Å²) < 4.78 is 0. The topological polar surface area (TPSA) is 98.7 Å². The van der Waals surface area contributed by atoms with Crippen LogP contribution in [0.4, 0.5) is 15.5 Å². The first-order valence-electron chi connectivity index (χ1n) is 8.31. The second kappa shape index (κ2) is 8.01. The van der Waals surface area contributed by atoms with Gasteiger partial charge in [0.1, 0.15) is 6.04 Å². The number of aliphatic carboxylic acids is 1. The molecule has 1 aliphatic rings. The van der Waals surface area contributed by atoms with Crippen molar-refractivity contribution >= 4 is 39.9 Å². The molecule has 1 saturated heterocycles. The Morgan fingerprint density at radius 2 is 1.81 bits per heavy atom. The molecule has 2 aromatic rings. The van der Waals surface area contributed by atoms with Crippen molar-refractivity contribution in [3.8, 4) is 0 Å². The molecule has 2 heterocycles. The first-order chi connectivity index (χ1) is 12.5. The number of urea groups is 1. The van der Waals surface area contributed by atoms with Gasteiger partial charge < -0.3 is 15.3 Å². The maximum Gasteiger partial charge on any atom is 0.326 e. The smallest absolute Gasteiger partial charge is 0.326 e. The highest BCUT2D eigenvalue weighted by molar-refractivity contribution is 7.18. The van der Waals surface area contributed by atoms with Gasteiger partial charge in [0.2, 0.25) is 0 Å². The standard InChI is InChI=1S/C18H19N3O4S/c22-16(21-11-5-4-8-13(21)17(23)24)14-9-10-15(26-14)20-18(25)19-12-6-2-1-3-7-12/h1-3,6-7,9-10,13H,4-5,8,11H2,(H,23,24)(H2,19,20,25). The van der Waals surface area contributed by atoms with Crippen LogP contribution in [0.1, 0.15) is 28.9 Å². The van der Waals surface area contributed by atoms with Crippen LogP contribution in [0.25, 0.3) is 0 Å². The summed E-state index contributed by atoms with van der Waals surface area (Å²) in [7, 11) is 0. The second-order valence-electron chi connectivity index (χ2n) is 5.96. The lowest BCUT2D eigenvalue weighted by molar-refractivity contribution is -0.143. The van der Waals surface area contributed by atoms with Gasteiger partial charge in [0.05, 0.1) is 9.88 Å². The Hall–Kier alpha value is -2.87. The van der Waals surface area contributed by atoms with Crippen molar-refractivity contribution in [2.75, 3.05) is 17.2 Å². The van der Waals surface area contributed by atoms with E-state index in [1.165, 1.54) is 4.90 Å². The van der Waals surface area contributed by atoms with E-state index in [9.17, 15) is 19.5 Å². The van der Waals surface area contributed by atoms with E-state index in [-0.39, 0.29) is 5.91 Å². The summed E-state index contributed by atoms with van der Waals surface area (Å²) in [5.41, 5.74) is 0.662. The van der Waals surface area contributed by atoms with Crippen LogP contribution >= 0.6 is 11.3 Å². The zero-order valence-corrected chi connectivity index (χ0v) is 14.8. The first-order valence-corrected chi connectivity index (χ1v) is 9.13. The number of carbonyl (C=O) groups is 3. The van der Waals surface area contributed by atoms with Crippen molar-refractivity contribution < 1.29 is 19.5 Å². The van der Waals surface area contributed by atoms with E-state index in [1.54, 1.807) is 24.3 Å². The van der Waals surface area contributed by atoms with Crippen molar-refractivity contribution in [3.05, 3.63) is 47.3 Å². The number of benzene rings is 1. The van der Waals surface area contributed by atoms with Gasteiger partial charge in [0, 0.05) is 12.2 Å². The number of piperidine rings is 1. The van der Waals surface area contributed by atoms with Gasteiger partial charge in [-0.1, -0.05) is 18.2 Å². The largest absolute Gasteiger partial charge is 0.480 e. The molecule has 1 aromatic carbocycles. The zero-order chi connectivity index (χ0) is 18.5. The molecule has 3 amide bonds. The number of nitrogens with zero attached hydrogens (tertiary/aromatic N) is 1. The lowest BCUT2D eigenvalue weighted by Gasteiger charge is -2.32. The first kappa shape index (κ1) is 17.9. The van der Waals surface area contributed by atoms with Crippen LogP contribution in [-0.4, -0.2) is 40.5 Å². The molecule has 3 rings (SSSR count). The number of carboxylic acids is 1. The fraction of sp³-hybridized carbons (Fsp3) is 0.278. The van der Waals surface area contributed by atoms with Gasteiger partial charge in [-0.15, -0.1) is 11.3 Å². The van der Waals surface area contributed by atoms with Gasteiger partial charge in [-0.25, -0.2) is 9.59 Å².